The third kappa shape index (κ3) is 8.71. The maximum absolute atomic E-state index is 12.9. The van der Waals surface area contributed by atoms with E-state index in [2.05, 4.69) is 43.8 Å². The monoisotopic (exact) mass is 646 g/mol. The van der Waals surface area contributed by atoms with Gasteiger partial charge < -0.3 is 9.47 Å². The van der Waals surface area contributed by atoms with E-state index < -0.39 is 23.4 Å². The van der Waals surface area contributed by atoms with Gasteiger partial charge in [-0.1, -0.05) is 42.9 Å². The van der Waals surface area contributed by atoms with Gasteiger partial charge in [0.2, 0.25) is 5.95 Å². The van der Waals surface area contributed by atoms with E-state index in [1.165, 1.54) is 21.9 Å². The normalized spacial score (nSPS) is 17.7. The second-order valence-corrected chi connectivity index (χ2v) is 12.4. The molecular weight excluding hydrogens is 611 g/mol. The van der Waals surface area contributed by atoms with Gasteiger partial charge in [0.25, 0.3) is 0 Å². The molecule has 2 aromatic heterocycles. The molecule has 11 heteroatoms. The van der Waals surface area contributed by atoms with Crippen LogP contribution in [-0.2, 0) is 9.47 Å². The van der Waals surface area contributed by atoms with E-state index in [1.54, 1.807) is 36.7 Å². The Morgan fingerprint density at radius 2 is 1.38 bits per heavy atom. The van der Waals surface area contributed by atoms with E-state index in [0.29, 0.717) is 41.7 Å². The lowest BCUT2D eigenvalue weighted by molar-refractivity contribution is -0.0127. The van der Waals surface area contributed by atoms with Crippen molar-refractivity contribution < 1.29 is 23.5 Å². The number of hydrogen-bond acceptors (Lipinski definition) is 8. The number of nitrogens with zero attached hydrogens (tertiary/aromatic N) is 6. The van der Waals surface area contributed by atoms with Crippen LogP contribution < -0.4 is 9.80 Å². The lowest BCUT2D eigenvalue weighted by atomic mass is 9.91. The fraction of sp³-hybridized carbons (Fsp3) is 0.297. The first-order chi connectivity index (χ1) is 22.9. The highest BCUT2D eigenvalue weighted by Crippen LogP contribution is 2.30. The van der Waals surface area contributed by atoms with Crippen LogP contribution in [0.3, 0.4) is 0 Å². The quantitative estimate of drug-likeness (QED) is 0.231. The molecule has 10 nitrogen and oxygen atoms in total. The van der Waals surface area contributed by atoms with Crippen LogP contribution >= 0.6 is 0 Å². The number of aromatic nitrogens is 4. The van der Waals surface area contributed by atoms with Crippen LogP contribution in [0.1, 0.15) is 63.4 Å². The molecule has 2 saturated heterocycles. The Bertz CT molecular complexity index is 1870. The zero-order chi connectivity index (χ0) is 34.3. The number of benzene rings is 2. The molecule has 244 valence electrons. The highest BCUT2D eigenvalue weighted by Gasteiger charge is 2.40. The summed E-state index contributed by atoms with van der Waals surface area (Å²) in [6, 6.07) is 19.1. The lowest BCUT2D eigenvalue weighted by Gasteiger charge is -2.40. The van der Waals surface area contributed by atoms with Crippen LogP contribution in [0, 0.1) is 35.4 Å². The standard InChI is InChI=1S/C19H18FN3O2.C18H17N3O2/c1-13-12-23(18(24)25-19(13,2)3)17-21-10-15(11-22-17)5-4-14-6-8-16(20)9-7-14;1-18(2)12-13-21(17(22)23-18)16-11-10-15(19-20-16)9-8-14-6-4-3-5-7-14/h6-11,13H,12H2,1-3H3;3-7,10-11H,12-13H2,1-2H3. The van der Waals surface area contributed by atoms with Crippen LogP contribution in [0.15, 0.2) is 79.1 Å². The van der Waals surface area contributed by atoms with Gasteiger partial charge in [-0.15, -0.1) is 10.2 Å². The van der Waals surface area contributed by atoms with Gasteiger partial charge in [0.05, 0.1) is 5.56 Å². The Morgan fingerprint density at radius 3 is 2.02 bits per heavy atom. The average molecular weight is 647 g/mol. The molecule has 0 N–H and O–H groups in total. The Kier molecular flexibility index (Phi) is 10.0. The summed E-state index contributed by atoms with van der Waals surface area (Å²) >= 11 is 0. The summed E-state index contributed by atoms with van der Waals surface area (Å²) in [7, 11) is 0. The fourth-order valence-corrected chi connectivity index (χ4v) is 4.53. The fourth-order valence-electron chi connectivity index (χ4n) is 4.53. The van der Waals surface area contributed by atoms with E-state index in [4.69, 9.17) is 9.47 Å². The van der Waals surface area contributed by atoms with Gasteiger partial charge in [0.15, 0.2) is 5.82 Å². The van der Waals surface area contributed by atoms with Crippen molar-refractivity contribution in [1.82, 2.24) is 20.2 Å². The summed E-state index contributed by atoms with van der Waals surface area (Å²) < 4.78 is 23.7. The summed E-state index contributed by atoms with van der Waals surface area (Å²) in [6.07, 6.45) is 3.01. The zero-order valence-corrected chi connectivity index (χ0v) is 27.4. The number of ether oxygens (including phenoxy) is 2. The molecule has 0 saturated carbocycles. The van der Waals surface area contributed by atoms with E-state index in [9.17, 15) is 14.0 Å². The first kappa shape index (κ1) is 33.6. The summed E-state index contributed by atoms with van der Waals surface area (Å²) in [5.41, 5.74) is 1.84. The molecule has 2 aliphatic heterocycles. The van der Waals surface area contributed by atoms with Crippen molar-refractivity contribution in [2.45, 2.75) is 52.2 Å². The minimum atomic E-state index is -0.506. The molecule has 4 heterocycles. The Balaban J connectivity index is 0.000000188. The van der Waals surface area contributed by atoms with Gasteiger partial charge in [0, 0.05) is 48.9 Å². The van der Waals surface area contributed by atoms with Crippen LogP contribution in [0.25, 0.3) is 0 Å². The highest BCUT2D eigenvalue weighted by molar-refractivity contribution is 5.87. The predicted molar refractivity (Wildman–Crippen MR) is 178 cm³/mol. The Hall–Kier alpha value is -5.81. The highest BCUT2D eigenvalue weighted by atomic mass is 19.1. The van der Waals surface area contributed by atoms with Crippen molar-refractivity contribution in [2.75, 3.05) is 22.9 Å². The minimum absolute atomic E-state index is 0.145. The third-order valence-corrected chi connectivity index (χ3v) is 7.85. The van der Waals surface area contributed by atoms with Gasteiger partial charge in [-0.2, -0.15) is 0 Å². The number of hydrogen-bond donors (Lipinski definition) is 0. The van der Waals surface area contributed by atoms with Gasteiger partial charge in [-0.3, -0.25) is 4.90 Å². The summed E-state index contributed by atoms with van der Waals surface area (Å²) in [4.78, 5) is 35.5. The van der Waals surface area contributed by atoms with E-state index in [1.807, 2.05) is 65.0 Å². The van der Waals surface area contributed by atoms with Crippen molar-refractivity contribution in [3.05, 3.63) is 107 Å². The summed E-state index contributed by atoms with van der Waals surface area (Å²) in [6.45, 7) is 10.7. The molecule has 1 atom stereocenters. The summed E-state index contributed by atoms with van der Waals surface area (Å²) in [5, 5.41) is 8.15. The van der Waals surface area contributed by atoms with E-state index in [-0.39, 0.29) is 11.7 Å². The number of cyclic esters (lactones) is 2. The zero-order valence-electron chi connectivity index (χ0n) is 27.4. The van der Waals surface area contributed by atoms with Crippen molar-refractivity contribution >= 4 is 24.0 Å². The maximum Gasteiger partial charge on any atom is 0.417 e. The average Bonchev–Trinajstić information content (AvgIpc) is 3.06. The molecule has 2 fully saturated rings. The molecular formula is C37H35FN6O4. The molecule has 0 aliphatic carbocycles. The van der Waals surface area contributed by atoms with Crippen molar-refractivity contribution in [1.29, 1.82) is 0 Å². The second kappa shape index (κ2) is 14.3. The number of rotatable bonds is 2. The molecule has 48 heavy (non-hydrogen) atoms. The minimum Gasteiger partial charge on any atom is -0.443 e. The second-order valence-electron chi connectivity index (χ2n) is 12.4. The Morgan fingerprint density at radius 1 is 0.750 bits per heavy atom. The first-order valence-electron chi connectivity index (χ1n) is 15.4. The van der Waals surface area contributed by atoms with E-state index >= 15 is 0 Å². The number of anilines is 2. The predicted octanol–water partition coefficient (Wildman–Crippen LogP) is 6.39. The SMILES string of the molecule is CC1(C)CCN(c2ccc(C#Cc3ccccc3)nn2)C(=O)O1.CC1CN(c2ncc(C#Cc3ccc(F)cc3)cn2)C(=O)OC1(C)C. The summed E-state index contributed by atoms with van der Waals surface area (Å²) in [5.74, 6) is 12.4. The largest absolute Gasteiger partial charge is 0.443 e. The number of carbonyl (C=O) groups excluding carboxylic acids is 2. The lowest BCUT2D eigenvalue weighted by Crippen LogP contribution is -2.52. The maximum atomic E-state index is 12.9. The number of carbonyl (C=O) groups is 2. The number of amides is 2. The van der Waals surface area contributed by atoms with E-state index in [0.717, 1.165) is 12.0 Å². The molecule has 0 bridgehead atoms. The molecule has 4 aromatic rings. The molecule has 6 rings (SSSR count). The molecule has 0 radical (unpaired) electrons. The van der Waals surface area contributed by atoms with Crippen LogP contribution in [0.5, 0.6) is 0 Å². The van der Waals surface area contributed by atoms with Crippen molar-refractivity contribution in [3.8, 4) is 23.7 Å². The van der Waals surface area contributed by atoms with Gasteiger partial charge in [-0.05, 0) is 82.1 Å². The smallest absolute Gasteiger partial charge is 0.417 e. The topological polar surface area (TPSA) is 111 Å². The molecule has 2 aromatic carbocycles. The van der Waals surface area contributed by atoms with Crippen molar-refractivity contribution in [3.63, 3.8) is 0 Å². The third-order valence-electron chi connectivity index (χ3n) is 7.85. The number of halogens is 1. The Labute approximate surface area is 279 Å². The molecule has 2 amide bonds. The first-order valence-corrected chi connectivity index (χ1v) is 15.4. The van der Waals surface area contributed by atoms with Gasteiger partial charge in [0.1, 0.15) is 22.7 Å². The van der Waals surface area contributed by atoms with Crippen LogP contribution in [0.4, 0.5) is 25.7 Å². The van der Waals surface area contributed by atoms with Crippen LogP contribution in [0.2, 0.25) is 0 Å². The molecule has 1 unspecified atom stereocenters. The van der Waals surface area contributed by atoms with Crippen molar-refractivity contribution in [2.24, 2.45) is 5.92 Å². The van der Waals surface area contributed by atoms with Gasteiger partial charge >= 0.3 is 12.2 Å². The molecule has 2 aliphatic rings. The van der Waals surface area contributed by atoms with Gasteiger partial charge in [-0.25, -0.2) is 28.8 Å². The molecule has 0 spiro atoms. The van der Waals surface area contributed by atoms with Crippen LogP contribution in [-0.4, -0.2) is 56.6 Å².